The molecule has 0 fully saturated rings. The first-order valence-electron chi connectivity index (χ1n) is 7.89. The van der Waals surface area contributed by atoms with Crippen molar-refractivity contribution >= 4 is 23.7 Å². The minimum absolute atomic E-state index is 0.0130. The van der Waals surface area contributed by atoms with Gasteiger partial charge in [0.05, 0.1) is 14.2 Å². The molecule has 0 bridgehead atoms. The lowest BCUT2D eigenvalue weighted by Gasteiger charge is -2.32. The fourth-order valence-electron chi connectivity index (χ4n) is 2.96. The van der Waals surface area contributed by atoms with Crippen LogP contribution in [0.3, 0.4) is 0 Å². The van der Waals surface area contributed by atoms with E-state index in [4.69, 9.17) is 4.74 Å². The second kappa shape index (κ2) is 9.26. The maximum absolute atomic E-state index is 11.9. The van der Waals surface area contributed by atoms with Gasteiger partial charge in [0.15, 0.2) is 0 Å². The summed E-state index contributed by atoms with van der Waals surface area (Å²) in [5.41, 5.74) is 1.35. The van der Waals surface area contributed by atoms with Gasteiger partial charge in [-0.05, 0) is 30.1 Å². The predicted octanol–water partition coefficient (Wildman–Crippen LogP) is 3.43. The summed E-state index contributed by atoms with van der Waals surface area (Å²) in [5.74, 6) is -1.33. The molecule has 0 heterocycles. The Balaban J connectivity index is 3.42. The molecule has 0 aliphatic heterocycles. The molecule has 1 aliphatic rings. The highest BCUT2D eigenvalue weighted by molar-refractivity contribution is 8.02. The van der Waals surface area contributed by atoms with Crippen molar-refractivity contribution in [3.63, 3.8) is 0 Å². The van der Waals surface area contributed by atoms with E-state index in [9.17, 15) is 20.1 Å². The highest BCUT2D eigenvalue weighted by atomic mass is 32.2. The molecule has 0 aromatic heterocycles. The van der Waals surface area contributed by atoms with Crippen molar-refractivity contribution in [3.05, 3.63) is 33.3 Å². The number of carbonyl (C=O) groups excluding carboxylic acids is 2. The maximum atomic E-state index is 11.9. The van der Waals surface area contributed by atoms with Crippen molar-refractivity contribution in [3.8, 4) is 12.1 Å². The van der Waals surface area contributed by atoms with E-state index in [1.165, 1.54) is 26.0 Å². The van der Waals surface area contributed by atoms with Gasteiger partial charge in [-0.3, -0.25) is 0 Å². The van der Waals surface area contributed by atoms with E-state index in [1.807, 2.05) is 32.1 Å². The van der Waals surface area contributed by atoms with Gasteiger partial charge in [-0.25, -0.2) is 9.59 Å². The van der Waals surface area contributed by atoms with Gasteiger partial charge < -0.3 is 9.47 Å². The maximum Gasteiger partial charge on any atom is 0.349 e. The van der Waals surface area contributed by atoms with E-state index in [0.29, 0.717) is 23.3 Å². The summed E-state index contributed by atoms with van der Waals surface area (Å²) >= 11 is 1.31. The SMILES string of the molecule is COC(=O)/C(C#N)=C1/C=C(C/C(SC)=C(/C#N)C(=O)OC)CC(C)(C)C1. The molecule has 7 heteroatoms. The van der Waals surface area contributed by atoms with Gasteiger partial charge in [-0.1, -0.05) is 25.5 Å². The van der Waals surface area contributed by atoms with Crippen LogP contribution in [0, 0.1) is 28.1 Å². The zero-order chi connectivity index (χ0) is 19.9. The molecule has 26 heavy (non-hydrogen) atoms. The van der Waals surface area contributed by atoms with Crippen LogP contribution in [0.4, 0.5) is 0 Å². The molecule has 0 aromatic carbocycles. The Kier molecular flexibility index (Phi) is 7.67. The van der Waals surface area contributed by atoms with Crippen LogP contribution in [0.1, 0.15) is 33.1 Å². The van der Waals surface area contributed by atoms with Gasteiger partial charge in [0.25, 0.3) is 0 Å². The zero-order valence-electron chi connectivity index (χ0n) is 15.6. The summed E-state index contributed by atoms with van der Waals surface area (Å²) in [5, 5.41) is 18.6. The summed E-state index contributed by atoms with van der Waals surface area (Å²) in [4.78, 5) is 24.3. The van der Waals surface area contributed by atoms with Crippen LogP contribution >= 0.6 is 11.8 Å². The van der Waals surface area contributed by atoms with Gasteiger partial charge >= 0.3 is 11.9 Å². The van der Waals surface area contributed by atoms with Gasteiger partial charge in [0.2, 0.25) is 0 Å². The van der Waals surface area contributed by atoms with E-state index in [2.05, 4.69) is 4.74 Å². The van der Waals surface area contributed by atoms with Crippen molar-refractivity contribution in [2.24, 2.45) is 5.41 Å². The van der Waals surface area contributed by atoms with Crippen molar-refractivity contribution in [2.45, 2.75) is 33.1 Å². The molecule has 0 spiro atoms. The fraction of sp³-hybridized carbons (Fsp3) is 0.474. The molecule has 0 saturated heterocycles. The molecule has 0 N–H and O–H groups in total. The standard InChI is InChI=1S/C19H22N2O4S/c1-19(2)8-12(6-13(9-19)14(10-20)17(22)24-3)7-16(26-5)15(11-21)18(23)25-4/h6H,7-9H2,1-5H3/b14-13-,16-15+. The predicted molar refractivity (Wildman–Crippen MR) is 98.5 cm³/mol. The third-order valence-corrected chi connectivity index (χ3v) is 4.83. The summed E-state index contributed by atoms with van der Waals surface area (Å²) in [7, 11) is 2.47. The number of carbonyl (C=O) groups is 2. The number of hydrogen-bond acceptors (Lipinski definition) is 7. The Bertz CT molecular complexity index is 776. The average molecular weight is 374 g/mol. The van der Waals surface area contributed by atoms with Crippen LogP contribution in [-0.2, 0) is 19.1 Å². The van der Waals surface area contributed by atoms with E-state index in [-0.39, 0.29) is 16.6 Å². The van der Waals surface area contributed by atoms with Crippen molar-refractivity contribution in [1.29, 1.82) is 10.5 Å². The third kappa shape index (κ3) is 5.24. The highest BCUT2D eigenvalue weighted by Crippen LogP contribution is 2.42. The summed E-state index contributed by atoms with van der Waals surface area (Å²) in [6, 6.07) is 3.83. The first-order valence-corrected chi connectivity index (χ1v) is 9.12. The Morgan fingerprint density at radius 1 is 1.15 bits per heavy atom. The van der Waals surface area contributed by atoms with Gasteiger partial charge in [-0.15, -0.1) is 11.8 Å². The van der Waals surface area contributed by atoms with Crippen LogP contribution in [0.15, 0.2) is 33.3 Å². The minimum Gasteiger partial charge on any atom is -0.465 e. The van der Waals surface area contributed by atoms with Gasteiger partial charge in [0, 0.05) is 11.3 Å². The number of thioether (sulfide) groups is 1. The lowest BCUT2D eigenvalue weighted by molar-refractivity contribution is -0.136. The summed E-state index contributed by atoms with van der Waals surface area (Å²) in [6.07, 6.45) is 5.26. The second-order valence-electron chi connectivity index (χ2n) is 6.61. The first kappa shape index (κ1) is 21.5. The highest BCUT2D eigenvalue weighted by Gasteiger charge is 2.30. The number of esters is 2. The number of hydrogen-bond donors (Lipinski definition) is 0. The summed E-state index contributed by atoms with van der Waals surface area (Å²) < 4.78 is 9.37. The minimum atomic E-state index is -0.671. The number of allylic oxidation sites excluding steroid dienone is 4. The lowest BCUT2D eigenvalue weighted by Crippen LogP contribution is -2.20. The second-order valence-corrected chi connectivity index (χ2v) is 7.51. The summed E-state index contributed by atoms with van der Waals surface area (Å²) in [6.45, 7) is 4.08. The molecule has 0 radical (unpaired) electrons. The number of ether oxygens (including phenoxy) is 2. The monoisotopic (exact) mass is 374 g/mol. The molecule has 0 saturated carbocycles. The van der Waals surface area contributed by atoms with Gasteiger partial charge in [-0.2, -0.15) is 10.5 Å². The average Bonchev–Trinajstić information content (AvgIpc) is 2.60. The van der Waals surface area contributed by atoms with Crippen LogP contribution in [0.5, 0.6) is 0 Å². The van der Waals surface area contributed by atoms with Crippen molar-refractivity contribution < 1.29 is 19.1 Å². The molecule has 0 amide bonds. The Morgan fingerprint density at radius 2 is 1.77 bits per heavy atom. The normalized spacial score (nSPS) is 18.5. The van der Waals surface area contributed by atoms with E-state index < -0.39 is 11.9 Å². The Labute approximate surface area is 158 Å². The van der Waals surface area contributed by atoms with E-state index in [1.54, 1.807) is 6.26 Å². The molecule has 6 nitrogen and oxygen atoms in total. The molecular formula is C19H22N2O4S. The third-order valence-electron chi connectivity index (χ3n) is 3.99. The van der Waals surface area contributed by atoms with Crippen molar-refractivity contribution in [1.82, 2.24) is 0 Å². The van der Waals surface area contributed by atoms with E-state index >= 15 is 0 Å². The molecule has 138 valence electrons. The van der Waals surface area contributed by atoms with Crippen LogP contribution in [0.25, 0.3) is 0 Å². The van der Waals surface area contributed by atoms with Crippen LogP contribution in [0.2, 0.25) is 0 Å². The molecule has 1 rings (SSSR count). The fourth-order valence-corrected chi connectivity index (χ4v) is 3.62. The number of nitrogens with zero attached hydrogens (tertiary/aromatic N) is 2. The topological polar surface area (TPSA) is 100 Å². The molecule has 0 atom stereocenters. The molecule has 0 unspecified atom stereocenters. The number of nitriles is 2. The largest absolute Gasteiger partial charge is 0.465 e. The molecule has 0 aromatic rings. The van der Waals surface area contributed by atoms with E-state index in [0.717, 1.165) is 12.0 Å². The Hall–Kier alpha value is -2.51. The Morgan fingerprint density at radius 3 is 2.23 bits per heavy atom. The lowest BCUT2D eigenvalue weighted by atomic mass is 9.73. The van der Waals surface area contributed by atoms with Crippen LogP contribution < -0.4 is 0 Å². The van der Waals surface area contributed by atoms with Gasteiger partial charge in [0.1, 0.15) is 23.3 Å². The van der Waals surface area contributed by atoms with Crippen molar-refractivity contribution in [2.75, 3.05) is 20.5 Å². The quantitative estimate of drug-likeness (QED) is 0.413. The zero-order valence-corrected chi connectivity index (χ0v) is 16.5. The van der Waals surface area contributed by atoms with Crippen LogP contribution in [-0.4, -0.2) is 32.4 Å². The number of methoxy groups -OCH3 is 2. The number of rotatable bonds is 5. The molecule has 1 aliphatic carbocycles. The first-order chi connectivity index (χ1) is 12.2. The smallest absolute Gasteiger partial charge is 0.349 e. The molecular weight excluding hydrogens is 352 g/mol.